The van der Waals surface area contributed by atoms with E-state index in [2.05, 4.69) is 52.3 Å². The molecule has 0 aromatic heterocycles. The van der Waals surface area contributed by atoms with Crippen LogP contribution in [0, 0.1) is 0 Å². The molecule has 3 amide bonds. The molecular weight excluding hydrogens is 713 g/mol. The van der Waals surface area contributed by atoms with Gasteiger partial charge in [0.05, 0.1) is 4.75 Å². The highest BCUT2D eigenvalue weighted by atomic mass is 32.2. The lowest BCUT2D eigenvalue weighted by molar-refractivity contribution is -0.142. The number of nitrogens with one attached hydrogen (secondary N) is 3. The van der Waals surface area contributed by atoms with Crippen LogP contribution < -0.4 is 26.4 Å². The van der Waals surface area contributed by atoms with Crippen LogP contribution in [-0.2, 0) is 30.3 Å². The van der Waals surface area contributed by atoms with E-state index < -0.39 is 52.2 Å². The van der Waals surface area contributed by atoms with E-state index in [4.69, 9.17) is 10.5 Å². The van der Waals surface area contributed by atoms with Gasteiger partial charge in [0.2, 0.25) is 17.7 Å². The smallest absolute Gasteiger partial charge is 0.326 e. The summed E-state index contributed by atoms with van der Waals surface area (Å²) < 4.78 is 5.31. The number of thioether (sulfide) groups is 1. The maximum absolute atomic E-state index is 14.1. The minimum Gasteiger partial charge on any atom is -0.488 e. The highest BCUT2D eigenvalue weighted by Gasteiger charge is 2.37. The molecule has 4 aromatic rings. The lowest BCUT2D eigenvalue weighted by atomic mass is 9.84. The topological polar surface area (TPSA) is 160 Å². The van der Waals surface area contributed by atoms with E-state index in [0.717, 1.165) is 22.3 Å². The second-order valence-electron chi connectivity index (χ2n) is 14.5. The fourth-order valence-electron chi connectivity index (χ4n) is 6.40. The number of rotatable bonds is 20. The zero-order valence-corrected chi connectivity index (χ0v) is 32.9. The normalized spacial score (nSPS) is 13.2. The molecule has 55 heavy (non-hydrogen) atoms. The summed E-state index contributed by atoms with van der Waals surface area (Å²) in [4.78, 5) is 52.6. The molecular formula is C44H54N4O6S. The Labute approximate surface area is 329 Å². The Balaban J connectivity index is 1.61. The zero-order valence-electron chi connectivity index (χ0n) is 32.1. The lowest BCUT2D eigenvalue weighted by Crippen LogP contribution is -2.56. The van der Waals surface area contributed by atoms with Crippen molar-refractivity contribution in [2.75, 3.05) is 12.3 Å². The fraction of sp³-hybridized carbons (Fsp3) is 0.364. The number of unbranched alkanes of at least 4 members (excludes halogenated alkanes) is 1. The number of hydrogen-bond acceptors (Lipinski definition) is 7. The number of carboxylic acid groups (broad SMARTS) is 1. The van der Waals surface area contributed by atoms with Gasteiger partial charge >= 0.3 is 5.97 Å². The lowest BCUT2D eigenvalue weighted by Gasteiger charge is -2.36. The molecule has 3 atom stereocenters. The molecule has 0 saturated heterocycles. The molecule has 0 unspecified atom stereocenters. The monoisotopic (exact) mass is 766 g/mol. The maximum Gasteiger partial charge on any atom is 0.326 e. The largest absolute Gasteiger partial charge is 0.488 e. The van der Waals surface area contributed by atoms with Gasteiger partial charge in [-0.25, -0.2) is 4.79 Å². The van der Waals surface area contributed by atoms with Gasteiger partial charge in [-0.1, -0.05) is 103 Å². The Morgan fingerprint density at radius 1 is 0.673 bits per heavy atom. The van der Waals surface area contributed by atoms with Gasteiger partial charge in [0.15, 0.2) is 0 Å². The molecule has 292 valence electrons. The number of carbonyl (C=O) groups excluding carboxylic acids is 3. The molecule has 0 bridgehead atoms. The summed E-state index contributed by atoms with van der Waals surface area (Å²) in [6.07, 6.45) is 1.63. The van der Waals surface area contributed by atoms with Crippen LogP contribution in [0.5, 0.6) is 5.75 Å². The van der Waals surface area contributed by atoms with E-state index in [-0.39, 0.29) is 19.3 Å². The standard InChI is InChI=1S/C44H54N4O6S/c1-31(49)46-37(27-29-55-44(33-16-8-5-9-17-33,34-18-10-6-11-19-34)35-20-12-7-13-21-35)40(50)48-39(41(51)47-38(42(52)53)22-14-15-28-45)30-32-23-25-36(26-24-32)54-43(2,3)4/h5-13,16-21,23-26,37-39H,14-15,22,27-30,45H2,1-4H3,(H,46,49)(H,47,51)(H,48,50)(H,52,53)/t37-,38-,39-/m0/s1. The first kappa shape index (κ1) is 42.6. The average molecular weight is 767 g/mol. The van der Waals surface area contributed by atoms with Gasteiger partial charge in [0, 0.05) is 13.3 Å². The van der Waals surface area contributed by atoms with Crippen LogP contribution in [0.4, 0.5) is 0 Å². The molecule has 11 heteroatoms. The number of benzene rings is 4. The van der Waals surface area contributed by atoms with E-state index in [1.807, 2.05) is 87.5 Å². The van der Waals surface area contributed by atoms with Crippen molar-refractivity contribution in [3.8, 4) is 5.75 Å². The molecule has 0 aliphatic carbocycles. The number of ether oxygens (including phenoxy) is 1. The molecule has 4 rings (SSSR count). The quantitative estimate of drug-likeness (QED) is 0.0525. The van der Waals surface area contributed by atoms with Crippen molar-refractivity contribution in [3.05, 3.63) is 138 Å². The minimum atomic E-state index is -1.17. The van der Waals surface area contributed by atoms with E-state index in [0.29, 0.717) is 30.9 Å². The maximum atomic E-state index is 14.1. The second-order valence-corrected chi connectivity index (χ2v) is 15.8. The van der Waals surface area contributed by atoms with Crippen molar-refractivity contribution >= 4 is 35.5 Å². The molecule has 0 aliphatic rings. The van der Waals surface area contributed by atoms with Crippen LogP contribution in [0.15, 0.2) is 115 Å². The van der Waals surface area contributed by atoms with Crippen molar-refractivity contribution in [2.24, 2.45) is 5.73 Å². The highest BCUT2D eigenvalue weighted by Crippen LogP contribution is 2.48. The van der Waals surface area contributed by atoms with Crippen LogP contribution in [-0.4, -0.2) is 64.8 Å². The highest BCUT2D eigenvalue weighted by molar-refractivity contribution is 8.00. The first-order valence-corrected chi connectivity index (χ1v) is 19.7. The summed E-state index contributed by atoms with van der Waals surface area (Å²) in [5, 5.41) is 18.2. The Morgan fingerprint density at radius 2 is 1.16 bits per heavy atom. The molecule has 0 spiro atoms. The van der Waals surface area contributed by atoms with E-state index in [1.165, 1.54) is 6.92 Å². The zero-order chi connectivity index (χ0) is 39.8. The Morgan fingerprint density at radius 3 is 1.62 bits per heavy atom. The predicted molar refractivity (Wildman–Crippen MR) is 219 cm³/mol. The third-order valence-electron chi connectivity index (χ3n) is 8.94. The molecule has 4 aromatic carbocycles. The molecule has 10 nitrogen and oxygen atoms in total. The van der Waals surface area contributed by atoms with Crippen molar-refractivity contribution in [3.63, 3.8) is 0 Å². The van der Waals surface area contributed by atoms with Gasteiger partial charge in [-0.05, 0) is 93.1 Å². The average Bonchev–Trinajstić information content (AvgIpc) is 3.16. The molecule has 6 N–H and O–H groups in total. The summed E-state index contributed by atoms with van der Waals surface area (Å²) in [6, 6.07) is 34.5. The second kappa shape index (κ2) is 20.5. The van der Waals surface area contributed by atoms with Gasteiger partial charge in [0.25, 0.3) is 0 Å². The molecule has 0 heterocycles. The van der Waals surface area contributed by atoms with Gasteiger partial charge in [0.1, 0.15) is 29.5 Å². The van der Waals surface area contributed by atoms with Crippen LogP contribution in [0.3, 0.4) is 0 Å². The number of nitrogens with two attached hydrogens (primary N) is 1. The number of carbonyl (C=O) groups is 4. The Hall–Kier alpha value is -5.13. The van der Waals surface area contributed by atoms with Crippen LogP contribution in [0.25, 0.3) is 0 Å². The summed E-state index contributed by atoms with van der Waals surface area (Å²) in [6.45, 7) is 7.58. The van der Waals surface area contributed by atoms with E-state index in [9.17, 15) is 24.3 Å². The summed E-state index contributed by atoms with van der Waals surface area (Å²) in [7, 11) is 0. The van der Waals surface area contributed by atoms with Crippen molar-refractivity contribution in [2.45, 2.75) is 88.3 Å². The van der Waals surface area contributed by atoms with E-state index in [1.54, 1.807) is 23.9 Å². The fourth-order valence-corrected chi connectivity index (χ4v) is 7.97. The molecule has 0 radical (unpaired) electrons. The summed E-state index contributed by atoms with van der Waals surface area (Å²) >= 11 is 1.66. The minimum absolute atomic E-state index is 0.0726. The Bertz CT molecular complexity index is 1720. The third kappa shape index (κ3) is 12.7. The predicted octanol–water partition coefficient (Wildman–Crippen LogP) is 6.21. The van der Waals surface area contributed by atoms with Gasteiger partial charge in [-0.15, -0.1) is 11.8 Å². The van der Waals surface area contributed by atoms with Gasteiger partial charge in [-0.3, -0.25) is 14.4 Å². The third-order valence-corrected chi connectivity index (χ3v) is 10.5. The molecule has 0 saturated carbocycles. The Kier molecular flexibility index (Phi) is 15.9. The van der Waals surface area contributed by atoms with E-state index >= 15 is 0 Å². The first-order chi connectivity index (χ1) is 26.3. The molecule has 0 fully saturated rings. The van der Waals surface area contributed by atoms with Crippen molar-refractivity contribution < 1.29 is 29.0 Å². The molecule has 0 aliphatic heterocycles. The van der Waals surface area contributed by atoms with Crippen LogP contribution >= 0.6 is 11.8 Å². The number of hydrogen-bond donors (Lipinski definition) is 5. The summed E-state index contributed by atoms with van der Waals surface area (Å²) in [5.74, 6) is -1.67. The van der Waals surface area contributed by atoms with Gasteiger partial charge < -0.3 is 31.5 Å². The number of aliphatic carboxylic acids is 1. The SMILES string of the molecule is CC(=O)N[C@@H](CCSC(c1ccccc1)(c1ccccc1)c1ccccc1)C(=O)N[C@@H](Cc1ccc(OC(C)(C)C)cc1)C(=O)N[C@@H](CCCCN)C(=O)O. The summed E-state index contributed by atoms with van der Waals surface area (Å²) in [5.41, 5.74) is 9.12. The number of amides is 3. The first-order valence-electron chi connectivity index (χ1n) is 18.7. The van der Waals surface area contributed by atoms with Crippen LogP contribution in [0.2, 0.25) is 0 Å². The van der Waals surface area contributed by atoms with Crippen LogP contribution in [0.1, 0.15) is 75.6 Å². The van der Waals surface area contributed by atoms with Crippen molar-refractivity contribution in [1.29, 1.82) is 0 Å². The van der Waals surface area contributed by atoms with Gasteiger partial charge in [-0.2, -0.15) is 0 Å². The number of carboxylic acids is 1. The van der Waals surface area contributed by atoms with Crippen molar-refractivity contribution in [1.82, 2.24) is 16.0 Å².